The predicted molar refractivity (Wildman–Crippen MR) is 83.1 cm³/mol. The summed E-state index contributed by atoms with van der Waals surface area (Å²) in [5.74, 6) is 0.149. The molecule has 1 aliphatic rings. The molecule has 1 unspecified atom stereocenters. The van der Waals surface area contributed by atoms with Gasteiger partial charge in [0.15, 0.2) is 9.84 Å². The van der Waals surface area contributed by atoms with Crippen LogP contribution in [0.4, 0.5) is 5.69 Å². The molecule has 5 heteroatoms. The third kappa shape index (κ3) is 3.15. The fraction of sp³-hybridized carbons (Fsp3) is 0.600. The molecule has 0 spiro atoms. The van der Waals surface area contributed by atoms with E-state index < -0.39 is 9.84 Å². The molecular formula is C15H24N2O2S. The third-order valence-electron chi connectivity index (χ3n) is 3.90. The highest BCUT2D eigenvalue weighted by Gasteiger charge is 2.28. The first-order valence-electron chi connectivity index (χ1n) is 7.39. The smallest absolute Gasteiger partial charge is 0.180 e. The van der Waals surface area contributed by atoms with Crippen LogP contribution in [0.1, 0.15) is 26.7 Å². The number of hydrogen-bond donors (Lipinski definition) is 1. The zero-order valence-electron chi connectivity index (χ0n) is 12.3. The highest BCUT2D eigenvalue weighted by molar-refractivity contribution is 7.91. The van der Waals surface area contributed by atoms with Gasteiger partial charge >= 0.3 is 0 Å². The van der Waals surface area contributed by atoms with E-state index in [2.05, 4.69) is 17.1 Å². The predicted octanol–water partition coefficient (Wildman–Crippen LogP) is 2.06. The van der Waals surface area contributed by atoms with E-state index in [-0.39, 0.29) is 5.75 Å². The average molecular weight is 296 g/mol. The van der Waals surface area contributed by atoms with Crippen molar-refractivity contribution in [2.75, 3.05) is 30.3 Å². The van der Waals surface area contributed by atoms with E-state index in [1.807, 2.05) is 12.1 Å². The number of nitrogens with one attached hydrogen (secondary N) is 1. The molecule has 4 nitrogen and oxygen atoms in total. The minimum Gasteiger partial charge on any atom is -0.366 e. The summed E-state index contributed by atoms with van der Waals surface area (Å²) < 4.78 is 24.5. The Morgan fingerprint density at radius 3 is 2.75 bits per heavy atom. The van der Waals surface area contributed by atoms with Gasteiger partial charge in [0.2, 0.25) is 0 Å². The van der Waals surface area contributed by atoms with Crippen LogP contribution in [-0.4, -0.2) is 39.8 Å². The zero-order chi connectivity index (χ0) is 14.6. The van der Waals surface area contributed by atoms with Crippen molar-refractivity contribution in [3.63, 3.8) is 0 Å². The van der Waals surface area contributed by atoms with Crippen molar-refractivity contribution in [2.45, 2.75) is 37.6 Å². The number of hydrogen-bond acceptors (Lipinski definition) is 4. The van der Waals surface area contributed by atoms with Crippen molar-refractivity contribution in [3.8, 4) is 0 Å². The van der Waals surface area contributed by atoms with Gasteiger partial charge in [0.05, 0.1) is 16.3 Å². The van der Waals surface area contributed by atoms with Crippen LogP contribution in [0.25, 0.3) is 0 Å². The van der Waals surface area contributed by atoms with Gasteiger partial charge in [-0.2, -0.15) is 0 Å². The van der Waals surface area contributed by atoms with E-state index in [9.17, 15) is 8.42 Å². The Kier molecular flexibility index (Phi) is 5.05. The summed E-state index contributed by atoms with van der Waals surface area (Å²) in [5.41, 5.74) is 0.870. The van der Waals surface area contributed by atoms with Crippen LogP contribution in [0.5, 0.6) is 0 Å². The Hall–Kier alpha value is -1.07. The first-order chi connectivity index (χ1) is 9.60. The van der Waals surface area contributed by atoms with Crippen LogP contribution >= 0.6 is 0 Å². The van der Waals surface area contributed by atoms with Gasteiger partial charge in [-0.15, -0.1) is 0 Å². The van der Waals surface area contributed by atoms with E-state index in [0.717, 1.165) is 38.2 Å². The fourth-order valence-corrected chi connectivity index (χ4v) is 3.89. The van der Waals surface area contributed by atoms with Crippen molar-refractivity contribution >= 4 is 15.5 Å². The molecule has 0 amide bonds. The normalized spacial score (nSPS) is 19.5. The van der Waals surface area contributed by atoms with Crippen molar-refractivity contribution in [1.29, 1.82) is 0 Å². The number of para-hydroxylation sites is 1. The molecule has 0 bridgehead atoms. The largest absolute Gasteiger partial charge is 0.366 e. The molecule has 20 heavy (non-hydrogen) atoms. The topological polar surface area (TPSA) is 49.4 Å². The molecule has 0 radical (unpaired) electrons. The number of likely N-dealkylation sites (N-methyl/N-ethyl adjacent to an activating group) is 1. The standard InChI is InChI=1S/C15H24N2O2S/c1-3-16-12-13-8-7-11-17(13)14-9-5-6-10-15(14)20(18,19)4-2/h5-6,9-10,13,16H,3-4,7-8,11-12H2,1-2H3. The number of rotatable bonds is 6. The van der Waals surface area contributed by atoms with Crippen LogP contribution in [0, 0.1) is 0 Å². The van der Waals surface area contributed by atoms with Crippen molar-refractivity contribution in [1.82, 2.24) is 5.32 Å². The molecule has 1 N–H and O–H groups in total. The van der Waals surface area contributed by atoms with Crippen LogP contribution in [0.2, 0.25) is 0 Å². The Morgan fingerprint density at radius 1 is 1.30 bits per heavy atom. The molecule has 112 valence electrons. The summed E-state index contributed by atoms with van der Waals surface area (Å²) in [6, 6.07) is 7.79. The average Bonchev–Trinajstić information content (AvgIpc) is 2.93. The fourth-order valence-electron chi connectivity index (χ4n) is 2.79. The van der Waals surface area contributed by atoms with E-state index in [0.29, 0.717) is 10.9 Å². The summed E-state index contributed by atoms with van der Waals surface area (Å²) in [6.07, 6.45) is 2.24. The maximum atomic E-state index is 12.3. The van der Waals surface area contributed by atoms with E-state index in [1.165, 1.54) is 0 Å². The van der Waals surface area contributed by atoms with E-state index in [1.54, 1.807) is 19.1 Å². The second kappa shape index (κ2) is 6.59. The number of anilines is 1. The first kappa shape index (κ1) is 15.3. The molecular weight excluding hydrogens is 272 g/mol. The van der Waals surface area contributed by atoms with Crippen molar-refractivity contribution in [2.24, 2.45) is 0 Å². The minimum atomic E-state index is -3.17. The number of benzene rings is 1. The lowest BCUT2D eigenvalue weighted by Crippen LogP contribution is -2.38. The van der Waals surface area contributed by atoms with Gasteiger partial charge < -0.3 is 10.2 Å². The monoisotopic (exact) mass is 296 g/mol. The van der Waals surface area contributed by atoms with E-state index in [4.69, 9.17) is 0 Å². The maximum absolute atomic E-state index is 12.3. The third-order valence-corrected chi connectivity index (χ3v) is 5.67. The highest BCUT2D eigenvalue weighted by atomic mass is 32.2. The summed E-state index contributed by atoms with van der Waals surface area (Å²) in [5, 5.41) is 3.37. The Labute approximate surface area is 122 Å². The highest BCUT2D eigenvalue weighted by Crippen LogP contribution is 2.31. The molecule has 0 saturated carbocycles. The molecule has 1 aliphatic heterocycles. The van der Waals surface area contributed by atoms with Gasteiger partial charge in [-0.25, -0.2) is 8.42 Å². The molecule has 0 aliphatic carbocycles. The van der Waals surface area contributed by atoms with Gasteiger partial charge in [0.25, 0.3) is 0 Å². The molecule has 1 atom stereocenters. The van der Waals surface area contributed by atoms with Crippen LogP contribution < -0.4 is 10.2 Å². The molecule has 1 aromatic rings. The first-order valence-corrected chi connectivity index (χ1v) is 9.04. The van der Waals surface area contributed by atoms with Crippen LogP contribution in [0.3, 0.4) is 0 Å². The molecule has 0 aromatic heterocycles. The van der Waals surface area contributed by atoms with E-state index >= 15 is 0 Å². The zero-order valence-corrected chi connectivity index (χ0v) is 13.1. The van der Waals surface area contributed by atoms with Gasteiger partial charge in [-0.05, 0) is 31.5 Å². The Bertz CT molecular complexity index is 543. The lowest BCUT2D eigenvalue weighted by molar-refractivity contribution is 0.581. The van der Waals surface area contributed by atoms with Gasteiger partial charge in [-0.1, -0.05) is 26.0 Å². The van der Waals surface area contributed by atoms with Gasteiger partial charge in [0.1, 0.15) is 0 Å². The SMILES string of the molecule is CCNCC1CCCN1c1ccccc1S(=O)(=O)CC. The summed E-state index contributed by atoms with van der Waals surface area (Å²) in [7, 11) is -3.17. The lowest BCUT2D eigenvalue weighted by atomic mass is 10.2. The lowest BCUT2D eigenvalue weighted by Gasteiger charge is -2.28. The van der Waals surface area contributed by atoms with Gasteiger partial charge in [0, 0.05) is 19.1 Å². The molecule has 1 aromatic carbocycles. The molecule has 1 fully saturated rings. The molecule has 2 rings (SSSR count). The quantitative estimate of drug-likeness (QED) is 0.873. The Morgan fingerprint density at radius 2 is 2.05 bits per heavy atom. The van der Waals surface area contributed by atoms with Gasteiger partial charge in [-0.3, -0.25) is 0 Å². The minimum absolute atomic E-state index is 0.149. The van der Waals surface area contributed by atoms with Crippen LogP contribution in [-0.2, 0) is 9.84 Å². The molecule has 1 saturated heterocycles. The molecule has 1 heterocycles. The number of sulfone groups is 1. The second-order valence-corrected chi connectivity index (χ2v) is 7.41. The van der Waals surface area contributed by atoms with Crippen molar-refractivity contribution in [3.05, 3.63) is 24.3 Å². The Balaban J connectivity index is 2.33. The number of nitrogens with zero attached hydrogens (tertiary/aromatic N) is 1. The van der Waals surface area contributed by atoms with Crippen LogP contribution in [0.15, 0.2) is 29.2 Å². The summed E-state index contributed by atoms with van der Waals surface area (Å²) in [4.78, 5) is 2.73. The van der Waals surface area contributed by atoms with Crippen molar-refractivity contribution < 1.29 is 8.42 Å². The second-order valence-electron chi connectivity index (χ2n) is 5.17. The summed E-state index contributed by atoms with van der Waals surface area (Å²) in [6.45, 7) is 6.59. The summed E-state index contributed by atoms with van der Waals surface area (Å²) >= 11 is 0. The maximum Gasteiger partial charge on any atom is 0.180 e.